The minimum atomic E-state index is -0.541. The molecule has 2 aromatic rings. The van der Waals surface area contributed by atoms with Crippen LogP contribution in [0.2, 0.25) is 10.0 Å². The summed E-state index contributed by atoms with van der Waals surface area (Å²) in [5.41, 5.74) is 1.15. The van der Waals surface area contributed by atoms with Crippen molar-refractivity contribution in [2.75, 3.05) is 5.32 Å². The Morgan fingerprint density at radius 1 is 1.20 bits per heavy atom. The van der Waals surface area contributed by atoms with Gasteiger partial charge in [0.05, 0.1) is 16.4 Å². The minimum absolute atomic E-state index is 0.00710. The Balaban J connectivity index is 1.63. The van der Waals surface area contributed by atoms with E-state index in [0.717, 1.165) is 5.69 Å². The number of hydrogen-bond donors (Lipinski definition) is 2. The van der Waals surface area contributed by atoms with Gasteiger partial charge in [-0.1, -0.05) is 53.2 Å². The topological polar surface area (TPSA) is 70.6 Å². The Hall–Kier alpha value is -2.02. The van der Waals surface area contributed by atoms with E-state index in [1.807, 2.05) is 30.3 Å². The molecule has 3 rings (SSSR count). The molecule has 1 atom stereocenters. The van der Waals surface area contributed by atoms with Crippen molar-refractivity contribution >= 4 is 63.3 Å². The van der Waals surface area contributed by atoms with Gasteiger partial charge in [0.1, 0.15) is 5.25 Å². The van der Waals surface area contributed by atoms with Crippen LogP contribution in [0.15, 0.2) is 53.5 Å². The van der Waals surface area contributed by atoms with Crippen LogP contribution < -0.4 is 10.6 Å². The number of amidine groups is 1. The molecule has 2 amide bonds. The summed E-state index contributed by atoms with van der Waals surface area (Å²) >= 11 is 13.1. The molecule has 1 fully saturated rings. The maximum Gasteiger partial charge on any atom is 0.240 e. The van der Waals surface area contributed by atoms with Gasteiger partial charge in [-0.3, -0.25) is 9.59 Å². The van der Waals surface area contributed by atoms with E-state index in [0.29, 0.717) is 20.9 Å². The molecule has 0 bridgehead atoms. The minimum Gasteiger partial charge on any atom is -0.325 e. The highest BCUT2D eigenvalue weighted by atomic mass is 35.5. The molecule has 1 saturated heterocycles. The summed E-state index contributed by atoms with van der Waals surface area (Å²) in [6, 6.07) is 14.1. The summed E-state index contributed by atoms with van der Waals surface area (Å²) in [7, 11) is 0. The first-order valence-electron chi connectivity index (χ1n) is 7.37. The fraction of sp³-hybridized carbons (Fsp3) is 0.118. The van der Waals surface area contributed by atoms with E-state index < -0.39 is 5.25 Å². The third-order valence-corrected chi connectivity index (χ3v) is 4.98. The number of carbonyl (C=O) groups excluding carboxylic acids is 2. The van der Waals surface area contributed by atoms with Crippen molar-refractivity contribution in [2.24, 2.45) is 4.99 Å². The molecule has 0 radical (unpaired) electrons. The number of anilines is 1. The average molecular weight is 394 g/mol. The lowest BCUT2D eigenvalue weighted by molar-refractivity contribution is -0.122. The monoisotopic (exact) mass is 393 g/mol. The zero-order valence-corrected chi connectivity index (χ0v) is 15.2. The highest BCUT2D eigenvalue weighted by Gasteiger charge is 2.32. The largest absolute Gasteiger partial charge is 0.325 e. The van der Waals surface area contributed by atoms with Crippen LogP contribution in [0.5, 0.6) is 0 Å². The smallest absolute Gasteiger partial charge is 0.240 e. The first-order chi connectivity index (χ1) is 12.0. The van der Waals surface area contributed by atoms with Crippen LogP contribution in [0, 0.1) is 0 Å². The first kappa shape index (κ1) is 17.8. The lowest BCUT2D eigenvalue weighted by atomic mass is 10.2. The van der Waals surface area contributed by atoms with E-state index in [1.54, 1.807) is 18.2 Å². The summed E-state index contributed by atoms with van der Waals surface area (Å²) < 4.78 is 0. The maximum absolute atomic E-state index is 12.2. The molecule has 1 aliphatic rings. The number of halogens is 2. The van der Waals surface area contributed by atoms with Crippen LogP contribution in [0.25, 0.3) is 0 Å². The molecule has 8 heteroatoms. The number of carbonyl (C=O) groups is 2. The van der Waals surface area contributed by atoms with Crippen LogP contribution in [0.4, 0.5) is 11.4 Å². The molecule has 5 nitrogen and oxygen atoms in total. The van der Waals surface area contributed by atoms with E-state index >= 15 is 0 Å². The Bertz CT molecular complexity index is 843. The van der Waals surface area contributed by atoms with Gasteiger partial charge in [-0.2, -0.15) is 0 Å². The summed E-state index contributed by atoms with van der Waals surface area (Å²) in [5.74, 6) is -0.565. The third kappa shape index (κ3) is 4.75. The third-order valence-electron chi connectivity index (χ3n) is 3.34. The molecule has 25 heavy (non-hydrogen) atoms. The summed E-state index contributed by atoms with van der Waals surface area (Å²) in [6.07, 6.45) is 0.00710. The first-order valence-corrected chi connectivity index (χ1v) is 9.01. The number of amides is 2. The van der Waals surface area contributed by atoms with E-state index in [2.05, 4.69) is 15.6 Å². The van der Waals surface area contributed by atoms with Crippen molar-refractivity contribution < 1.29 is 9.59 Å². The highest BCUT2D eigenvalue weighted by Crippen LogP contribution is 2.28. The SMILES string of the molecule is O=C(C[C@H]1SC(=Nc2ccccc2)NC1=O)Nc1cc(Cl)ccc1Cl. The Kier molecular flexibility index (Phi) is 5.63. The summed E-state index contributed by atoms with van der Waals surface area (Å²) in [5, 5.41) is 6.15. The summed E-state index contributed by atoms with van der Waals surface area (Å²) in [4.78, 5) is 28.6. The van der Waals surface area contributed by atoms with E-state index in [-0.39, 0.29) is 18.2 Å². The van der Waals surface area contributed by atoms with Gasteiger partial charge in [0.2, 0.25) is 11.8 Å². The van der Waals surface area contributed by atoms with Crippen molar-refractivity contribution in [3.63, 3.8) is 0 Å². The number of aliphatic imine (C=N–C) groups is 1. The number of rotatable bonds is 4. The van der Waals surface area contributed by atoms with Crippen LogP contribution in [-0.4, -0.2) is 22.2 Å². The molecule has 0 unspecified atom stereocenters. The number of hydrogen-bond acceptors (Lipinski definition) is 4. The lowest BCUT2D eigenvalue weighted by Gasteiger charge is -2.09. The van der Waals surface area contributed by atoms with E-state index in [1.165, 1.54) is 11.8 Å². The lowest BCUT2D eigenvalue weighted by Crippen LogP contribution is -2.28. The number of thioether (sulfide) groups is 1. The van der Waals surface area contributed by atoms with Gasteiger partial charge in [0.25, 0.3) is 0 Å². The number of nitrogens with zero attached hydrogens (tertiary/aromatic N) is 1. The summed E-state index contributed by atoms with van der Waals surface area (Å²) in [6.45, 7) is 0. The second-order valence-corrected chi connectivity index (χ2v) is 7.26. The predicted molar refractivity (Wildman–Crippen MR) is 103 cm³/mol. The van der Waals surface area contributed by atoms with Gasteiger partial charge >= 0.3 is 0 Å². The van der Waals surface area contributed by atoms with Crippen LogP contribution >= 0.6 is 35.0 Å². The molecule has 1 aliphatic heterocycles. The van der Waals surface area contributed by atoms with Gasteiger partial charge in [-0.05, 0) is 30.3 Å². The Morgan fingerprint density at radius 2 is 1.96 bits per heavy atom. The Labute approximate surface area is 158 Å². The zero-order valence-electron chi connectivity index (χ0n) is 12.8. The van der Waals surface area contributed by atoms with E-state index in [9.17, 15) is 9.59 Å². The standard InChI is InChI=1S/C17H13Cl2N3O2S/c18-10-6-7-12(19)13(8-10)21-15(23)9-14-16(24)22-17(25-14)20-11-4-2-1-3-5-11/h1-8,14H,9H2,(H,21,23)(H,20,22,24)/t14-/m1/s1. The number of nitrogens with one attached hydrogen (secondary N) is 2. The second-order valence-electron chi connectivity index (χ2n) is 5.22. The molecule has 0 spiro atoms. The van der Waals surface area contributed by atoms with Gasteiger partial charge in [0.15, 0.2) is 5.17 Å². The van der Waals surface area contributed by atoms with Crippen molar-refractivity contribution in [1.29, 1.82) is 0 Å². The van der Waals surface area contributed by atoms with Crippen molar-refractivity contribution in [3.05, 3.63) is 58.6 Å². The number of benzene rings is 2. The van der Waals surface area contributed by atoms with Gasteiger partial charge in [-0.25, -0.2) is 4.99 Å². The van der Waals surface area contributed by atoms with Crippen molar-refractivity contribution in [3.8, 4) is 0 Å². The average Bonchev–Trinajstić information content (AvgIpc) is 2.91. The van der Waals surface area contributed by atoms with Crippen LogP contribution in [-0.2, 0) is 9.59 Å². The van der Waals surface area contributed by atoms with Crippen molar-refractivity contribution in [1.82, 2.24) is 5.32 Å². The molecular formula is C17H13Cl2N3O2S. The van der Waals surface area contributed by atoms with E-state index in [4.69, 9.17) is 23.2 Å². The van der Waals surface area contributed by atoms with Crippen LogP contribution in [0.3, 0.4) is 0 Å². The quantitative estimate of drug-likeness (QED) is 0.815. The Morgan fingerprint density at radius 3 is 2.72 bits per heavy atom. The molecule has 0 aromatic heterocycles. The normalized spacial score (nSPS) is 18.2. The molecule has 1 heterocycles. The zero-order chi connectivity index (χ0) is 17.8. The molecule has 2 N–H and O–H groups in total. The molecule has 0 aliphatic carbocycles. The van der Waals surface area contributed by atoms with Crippen LogP contribution in [0.1, 0.15) is 6.42 Å². The molecule has 128 valence electrons. The second kappa shape index (κ2) is 7.91. The highest BCUT2D eigenvalue weighted by molar-refractivity contribution is 8.15. The van der Waals surface area contributed by atoms with Crippen molar-refractivity contribution in [2.45, 2.75) is 11.7 Å². The predicted octanol–water partition coefficient (Wildman–Crippen LogP) is 4.24. The van der Waals surface area contributed by atoms with Gasteiger partial charge in [0, 0.05) is 11.4 Å². The molecular weight excluding hydrogens is 381 g/mol. The molecule has 0 saturated carbocycles. The molecule has 2 aromatic carbocycles. The number of para-hydroxylation sites is 1. The van der Waals surface area contributed by atoms with Gasteiger partial charge in [-0.15, -0.1) is 0 Å². The fourth-order valence-corrected chi connectivity index (χ4v) is 3.50. The maximum atomic E-state index is 12.2. The van der Waals surface area contributed by atoms with Gasteiger partial charge < -0.3 is 10.6 Å². The fourth-order valence-electron chi connectivity index (χ4n) is 2.17.